The predicted molar refractivity (Wildman–Crippen MR) is 57.9 cm³/mol. The number of rotatable bonds is 4. The van der Waals surface area contributed by atoms with Gasteiger partial charge in [-0.15, -0.1) is 0 Å². The van der Waals surface area contributed by atoms with Crippen LogP contribution < -0.4 is 5.32 Å². The van der Waals surface area contributed by atoms with Crippen LogP contribution in [0.25, 0.3) is 0 Å². The molecule has 0 aromatic carbocycles. The van der Waals surface area contributed by atoms with Gasteiger partial charge in [-0.25, -0.2) is 0 Å². The zero-order valence-electron chi connectivity index (χ0n) is 8.48. The van der Waals surface area contributed by atoms with Crippen molar-refractivity contribution in [3.8, 4) is 0 Å². The summed E-state index contributed by atoms with van der Waals surface area (Å²) in [6, 6.07) is 1.96. The number of hydrogen-bond donors (Lipinski definition) is 1. The molecule has 2 nitrogen and oxygen atoms in total. The normalized spacial score (nSPS) is 17.0. The molecule has 0 unspecified atom stereocenters. The van der Waals surface area contributed by atoms with Crippen LogP contribution in [0.4, 0.5) is 0 Å². The Morgan fingerprint density at radius 1 is 1.57 bits per heavy atom. The first-order valence-corrected chi connectivity index (χ1v) is 5.61. The Bertz CT molecular complexity index is 304. The quantitative estimate of drug-likeness (QED) is 0.832. The second kappa shape index (κ2) is 4.37. The van der Waals surface area contributed by atoms with Crippen LogP contribution in [0.15, 0.2) is 10.5 Å². The largest absolute Gasteiger partial charge is 0.464 e. The zero-order valence-corrected chi connectivity index (χ0v) is 9.23. The molecule has 1 fully saturated rings. The number of furan rings is 1. The second-order valence-corrected chi connectivity index (χ2v) is 4.31. The molecule has 1 N–H and O–H groups in total. The zero-order chi connectivity index (χ0) is 9.97. The van der Waals surface area contributed by atoms with Gasteiger partial charge in [0, 0.05) is 18.9 Å². The number of likely N-dealkylation sites (N-methyl/N-ethyl adjacent to an activating group) is 1. The Hall–Kier alpha value is -0.470. The molecule has 0 bridgehead atoms. The Labute approximate surface area is 89.6 Å². The first kappa shape index (κ1) is 10.1. The molecular formula is C11H16ClNO. The molecule has 14 heavy (non-hydrogen) atoms. The molecule has 1 aliphatic rings. The number of halogens is 1. The fourth-order valence-electron chi connectivity index (χ4n) is 1.75. The average molecular weight is 214 g/mol. The molecule has 1 heterocycles. The van der Waals surface area contributed by atoms with E-state index in [1.54, 1.807) is 0 Å². The van der Waals surface area contributed by atoms with Gasteiger partial charge >= 0.3 is 0 Å². The maximum Gasteiger partial charge on any atom is 0.125 e. The molecule has 0 radical (unpaired) electrons. The monoisotopic (exact) mass is 213 g/mol. The van der Waals surface area contributed by atoms with Gasteiger partial charge in [0.1, 0.15) is 11.5 Å². The molecule has 3 heteroatoms. The third-order valence-corrected chi connectivity index (χ3v) is 3.16. The summed E-state index contributed by atoms with van der Waals surface area (Å²) in [5, 5.41) is 3.92. The molecule has 1 saturated carbocycles. The molecule has 0 saturated heterocycles. The molecule has 2 rings (SSSR count). The summed E-state index contributed by atoms with van der Waals surface area (Å²) in [6.45, 7) is 0.938. The minimum Gasteiger partial charge on any atom is -0.464 e. The molecular weight excluding hydrogens is 198 g/mol. The minimum atomic E-state index is 0.589. The van der Waals surface area contributed by atoms with Gasteiger partial charge in [-0.1, -0.05) is 18.0 Å². The first-order chi connectivity index (χ1) is 6.81. The van der Waals surface area contributed by atoms with Gasteiger partial charge in [0.25, 0.3) is 0 Å². The van der Waals surface area contributed by atoms with Crippen molar-refractivity contribution in [3.05, 3.63) is 22.6 Å². The van der Waals surface area contributed by atoms with Crippen LogP contribution in [-0.2, 0) is 6.42 Å². The molecule has 1 aliphatic carbocycles. The highest BCUT2D eigenvalue weighted by Gasteiger charge is 2.25. The lowest BCUT2D eigenvalue weighted by molar-refractivity contribution is 0.335. The molecule has 0 amide bonds. The third-order valence-electron chi connectivity index (χ3n) is 2.86. The van der Waals surface area contributed by atoms with Crippen LogP contribution in [0.5, 0.6) is 0 Å². The summed E-state index contributed by atoms with van der Waals surface area (Å²) in [4.78, 5) is 0. The van der Waals surface area contributed by atoms with Crippen LogP contribution in [0, 0.1) is 0 Å². The van der Waals surface area contributed by atoms with E-state index in [1.807, 2.05) is 13.1 Å². The second-order valence-electron chi connectivity index (χ2n) is 3.91. The standard InChI is InChI=1S/C11H16ClNO/c1-13-6-5-9-7-10(12)11(14-9)8-3-2-4-8/h7-8,13H,2-6H2,1H3. The summed E-state index contributed by atoms with van der Waals surface area (Å²) < 4.78 is 5.75. The Morgan fingerprint density at radius 3 is 2.93 bits per heavy atom. The van der Waals surface area contributed by atoms with Crippen LogP contribution >= 0.6 is 11.6 Å². The summed E-state index contributed by atoms with van der Waals surface area (Å²) in [7, 11) is 1.94. The molecule has 1 aromatic heterocycles. The number of hydrogen-bond acceptors (Lipinski definition) is 2. The Morgan fingerprint density at radius 2 is 2.36 bits per heavy atom. The van der Waals surface area contributed by atoms with Crippen molar-refractivity contribution in [1.29, 1.82) is 0 Å². The Balaban J connectivity index is 2.04. The van der Waals surface area contributed by atoms with Crippen molar-refractivity contribution < 1.29 is 4.42 Å². The summed E-state index contributed by atoms with van der Waals surface area (Å²) in [5.74, 6) is 2.61. The fourth-order valence-corrected chi connectivity index (χ4v) is 2.07. The van der Waals surface area contributed by atoms with Crippen LogP contribution in [0.2, 0.25) is 5.02 Å². The lowest BCUT2D eigenvalue weighted by Gasteiger charge is -2.23. The van der Waals surface area contributed by atoms with Crippen LogP contribution in [0.1, 0.15) is 36.7 Å². The maximum atomic E-state index is 6.12. The third kappa shape index (κ3) is 1.96. The van der Waals surface area contributed by atoms with E-state index in [4.69, 9.17) is 16.0 Å². The molecule has 0 aliphatic heterocycles. The lowest BCUT2D eigenvalue weighted by Crippen LogP contribution is -2.10. The van der Waals surface area contributed by atoms with E-state index in [0.717, 1.165) is 29.5 Å². The topological polar surface area (TPSA) is 25.2 Å². The van der Waals surface area contributed by atoms with Crippen LogP contribution in [0.3, 0.4) is 0 Å². The van der Waals surface area contributed by atoms with Crippen molar-refractivity contribution in [1.82, 2.24) is 5.32 Å². The predicted octanol–water partition coefficient (Wildman–Crippen LogP) is 2.96. The van der Waals surface area contributed by atoms with E-state index in [0.29, 0.717) is 5.92 Å². The SMILES string of the molecule is CNCCc1cc(Cl)c(C2CCC2)o1. The smallest absolute Gasteiger partial charge is 0.125 e. The van der Waals surface area contributed by atoms with Crippen LogP contribution in [-0.4, -0.2) is 13.6 Å². The van der Waals surface area contributed by atoms with Crippen molar-refractivity contribution in [2.75, 3.05) is 13.6 Å². The average Bonchev–Trinajstić information content (AvgIpc) is 2.42. The van der Waals surface area contributed by atoms with Crippen molar-refractivity contribution in [2.45, 2.75) is 31.6 Å². The fraction of sp³-hybridized carbons (Fsp3) is 0.636. The summed E-state index contributed by atoms with van der Waals surface area (Å²) in [6.07, 6.45) is 4.70. The van der Waals surface area contributed by atoms with Gasteiger partial charge in [-0.05, 0) is 26.0 Å². The first-order valence-electron chi connectivity index (χ1n) is 5.24. The molecule has 0 spiro atoms. The van der Waals surface area contributed by atoms with E-state index >= 15 is 0 Å². The van der Waals surface area contributed by atoms with Crippen molar-refractivity contribution in [2.24, 2.45) is 0 Å². The molecule has 78 valence electrons. The van der Waals surface area contributed by atoms with E-state index in [9.17, 15) is 0 Å². The molecule has 1 aromatic rings. The van der Waals surface area contributed by atoms with Gasteiger partial charge in [0.15, 0.2) is 0 Å². The van der Waals surface area contributed by atoms with Gasteiger partial charge in [-0.3, -0.25) is 0 Å². The van der Waals surface area contributed by atoms with Crippen molar-refractivity contribution in [3.63, 3.8) is 0 Å². The number of nitrogens with one attached hydrogen (secondary N) is 1. The van der Waals surface area contributed by atoms with E-state index in [1.165, 1.54) is 19.3 Å². The van der Waals surface area contributed by atoms with E-state index in [-0.39, 0.29) is 0 Å². The van der Waals surface area contributed by atoms with Gasteiger partial charge in [0.2, 0.25) is 0 Å². The summed E-state index contributed by atoms with van der Waals surface area (Å²) in [5.41, 5.74) is 0. The van der Waals surface area contributed by atoms with E-state index in [2.05, 4.69) is 5.32 Å². The molecule has 0 atom stereocenters. The van der Waals surface area contributed by atoms with Gasteiger partial charge in [-0.2, -0.15) is 0 Å². The Kier molecular flexibility index (Phi) is 3.14. The van der Waals surface area contributed by atoms with Crippen molar-refractivity contribution >= 4 is 11.6 Å². The minimum absolute atomic E-state index is 0.589. The van der Waals surface area contributed by atoms with Gasteiger partial charge < -0.3 is 9.73 Å². The lowest BCUT2D eigenvalue weighted by atomic mass is 9.84. The highest BCUT2D eigenvalue weighted by Crippen LogP contribution is 2.41. The highest BCUT2D eigenvalue weighted by atomic mass is 35.5. The summed E-state index contributed by atoms with van der Waals surface area (Å²) >= 11 is 6.12. The maximum absolute atomic E-state index is 6.12. The highest BCUT2D eigenvalue weighted by molar-refractivity contribution is 6.31. The van der Waals surface area contributed by atoms with Gasteiger partial charge in [0.05, 0.1) is 5.02 Å². The van der Waals surface area contributed by atoms with E-state index < -0.39 is 0 Å².